The van der Waals surface area contributed by atoms with Crippen molar-refractivity contribution in [3.8, 4) is 11.3 Å². The quantitative estimate of drug-likeness (QED) is 0.517. The predicted octanol–water partition coefficient (Wildman–Crippen LogP) is 4.01. The van der Waals surface area contributed by atoms with Gasteiger partial charge in [-0.3, -0.25) is 14.4 Å². The molecule has 0 unspecified atom stereocenters. The number of likely N-dealkylation sites (tertiary alicyclic amines) is 1. The zero-order valence-corrected chi connectivity index (χ0v) is 16.4. The van der Waals surface area contributed by atoms with Crippen molar-refractivity contribution in [2.24, 2.45) is 5.92 Å². The normalized spacial score (nSPS) is 16.1. The van der Waals surface area contributed by atoms with Crippen LogP contribution in [0.2, 0.25) is 0 Å². The van der Waals surface area contributed by atoms with Crippen LogP contribution in [-0.4, -0.2) is 35.6 Å². The lowest BCUT2D eigenvalue weighted by atomic mass is 9.96. The van der Waals surface area contributed by atoms with Crippen LogP contribution in [0, 0.1) is 5.92 Å². The fourth-order valence-electron chi connectivity index (χ4n) is 3.64. The van der Waals surface area contributed by atoms with Crippen molar-refractivity contribution in [1.29, 1.82) is 0 Å². The molecule has 1 aliphatic heterocycles. The number of carbonyl (C=O) groups excluding carboxylic acids is 3. The Hall–Kier alpha value is -3.67. The molecule has 0 aliphatic carbocycles. The molecule has 152 valence electrons. The number of carbonyl (C=O) groups is 3. The van der Waals surface area contributed by atoms with Gasteiger partial charge < -0.3 is 14.6 Å². The summed E-state index contributed by atoms with van der Waals surface area (Å²) in [7, 11) is 0. The molecule has 0 bridgehead atoms. The summed E-state index contributed by atoms with van der Waals surface area (Å²) < 4.78 is 5.37. The summed E-state index contributed by atoms with van der Waals surface area (Å²) in [6, 6.07) is 19.6. The minimum atomic E-state index is -0.554. The molecule has 0 spiro atoms. The molecule has 30 heavy (non-hydrogen) atoms. The van der Waals surface area contributed by atoms with E-state index >= 15 is 0 Å². The van der Waals surface area contributed by atoms with Gasteiger partial charge in [0.25, 0.3) is 5.91 Å². The van der Waals surface area contributed by atoms with Gasteiger partial charge >= 0.3 is 0 Å². The van der Waals surface area contributed by atoms with Crippen molar-refractivity contribution in [2.45, 2.75) is 12.8 Å². The van der Waals surface area contributed by atoms with Gasteiger partial charge in [-0.1, -0.05) is 30.3 Å². The van der Waals surface area contributed by atoms with Crippen molar-refractivity contribution < 1.29 is 18.8 Å². The van der Waals surface area contributed by atoms with E-state index in [4.69, 9.17) is 4.42 Å². The van der Waals surface area contributed by atoms with Gasteiger partial charge in [0.2, 0.25) is 11.7 Å². The molecule has 1 aromatic heterocycles. The SMILES string of the molecule is O=C(C(=O)N1CCC[C@H](C(=O)Nc2ccc(-c3ccco3)cc2)C1)c1ccccc1. The summed E-state index contributed by atoms with van der Waals surface area (Å²) in [5.41, 5.74) is 1.97. The predicted molar refractivity (Wildman–Crippen MR) is 113 cm³/mol. The van der Waals surface area contributed by atoms with Crippen LogP contribution >= 0.6 is 0 Å². The molecule has 3 aromatic rings. The highest BCUT2D eigenvalue weighted by Crippen LogP contribution is 2.23. The Morgan fingerprint density at radius 1 is 0.933 bits per heavy atom. The number of hydrogen-bond acceptors (Lipinski definition) is 4. The number of piperidine rings is 1. The number of anilines is 1. The van der Waals surface area contributed by atoms with E-state index in [0.717, 1.165) is 11.3 Å². The molecule has 1 N–H and O–H groups in total. The first kappa shape index (κ1) is 19.6. The molecule has 1 atom stereocenters. The average molecular weight is 402 g/mol. The molecule has 6 nitrogen and oxygen atoms in total. The molecule has 1 saturated heterocycles. The second-order valence-electron chi connectivity index (χ2n) is 7.33. The van der Waals surface area contributed by atoms with Gasteiger partial charge in [0, 0.05) is 29.9 Å². The average Bonchev–Trinajstić information content (AvgIpc) is 3.34. The van der Waals surface area contributed by atoms with Crippen LogP contribution in [0.15, 0.2) is 77.4 Å². The van der Waals surface area contributed by atoms with Gasteiger partial charge in [-0.05, 0) is 49.2 Å². The van der Waals surface area contributed by atoms with Crippen LogP contribution in [0.3, 0.4) is 0 Å². The van der Waals surface area contributed by atoms with E-state index in [0.29, 0.717) is 30.6 Å². The van der Waals surface area contributed by atoms with Gasteiger partial charge in [0.05, 0.1) is 12.2 Å². The Morgan fingerprint density at radius 2 is 1.70 bits per heavy atom. The van der Waals surface area contributed by atoms with E-state index in [1.54, 1.807) is 36.6 Å². The third-order valence-electron chi connectivity index (χ3n) is 5.27. The Balaban J connectivity index is 1.37. The number of nitrogens with one attached hydrogen (secondary N) is 1. The minimum Gasteiger partial charge on any atom is -0.464 e. The van der Waals surface area contributed by atoms with E-state index in [1.807, 2.05) is 36.4 Å². The third kappa shape index (κ3) is 4.33. The monoisotopic (exact) mass is 402 g/mol. The zero-order chi connectivity index (χ0) is 20.9. The van der Waals surface area contributed by atoms with Gasteiger partial charge in [-0.15, -0.1) is 0 Å². The summed E-state index contributed by atoms with van der Waals surface area (Å²) in [6.07, 6.45) is 2.98. The van der Waals surface area contributed by atoms with Crippen molar-refractivity contribution >= 4 is 23.3 Å². The van der Waals surface area contributed by atoms with E-state index < -0.39 is 11.7 Å². The second-order valence-corrected chi connectivity index (χ2v) is 7.33. The minimum absolute atomic E-state index is 0.148. The first-order valence-corrected chi connectivity index (χ1v) is 9.95. The van der Waals surface area contributed by atoms with E-state index in [1.165, 1.54) is 4.90 Å². The van der Waals surface area contributed by atoms with Crippen molar-refractivity contribution in [3.63, 3.8) is 0 Å². The Morgan fingerprint density at radius 3 is 2.40 bits per heavy atom. The van der Waals surface area contributed by atoms with E-state index in [9.17, 15) is 14.4 Å². The van der Waals surface area contributed by atoms with Gasteiger partial charge in [0.15, 0.2) is 0 Å². The largest absolute Gasteiger partial charge is 0.464 e. The first-order valence-electron chi connectivity index (χ1n) is 9.95. The summed E-state index contributed by atoms with van der Waals surface area (Å²) in [4.78, 5) is 39.3. The van der Waals surface area contributed by atoms with Crippen LogP contribution in [0.25, 0.3) is 11.3 Å². The van der Waals surface area contributed by atoms with E-state index in [2.05, 4.69) is 5.32 Å². The molecule has 2 aromatic carbocycles. The highest BCUT2D eigenvalue weighted by molar-refractivity contribution is 6.42. The van der Waals surface area contributed by atoms with Crippen molar-refractivity contribution in [1.82, 2.24) is 4.90 Å². The number of Topliss-reactive ketones (excluding diaryl/α,β-unsaturated/α-hetero) is 1. The number of furan rings is 1. The number of benzene rings is 2. The Kier molecular flexibility index (Phi) is 5.75. The standard InChI is InChI=1S/C24H22N2O4/c27-22(18-6-2-1-3-7-18)24(29)26-14-4-8-19(16-26)23(28)25-20-12-10-17(11-13-20)21-9-5-15-30-21/h1-3,5-7,9-13,15,19H,4,8,14,16H2,(H,25,28)/t19-/m0/s1. The second kappa shape index (κ2) is 8.78. The van der Waals surface area contributed by atoms with Crippen LogP contribution in [-0.2, 0) is 9.59 Å². The summed E-state index contributed by atoms with van der Waals surface area (Å²) in [6.45, 7) is 0.729. The maximum absolute atomic E-state index is 12.7. The third-order valence-corrected chi connectivity index (χ3v) is 5.27. The smallest absolute Gasteiger partial charge is 0.294 e. The molecule has 6 heteroatoms. The summed E-state index contributed by atoms with van der Waals surface area (Å²) >= 11 is 0. The number of hydrogen-bond donors (Lipinski definition) is 1. The molecule has 2 amide bonds. The molecular weight excluding hydrogens is 380 g/mol. The maximum Gasteiger partial charge on any atom is 0.294 e. The highest BCUT2D eigenvalue weighted by Gasteiger charge is 2.31. The number of ketones is 1. The van der Waals surface area contributed by atoms with Crippen LogP contribution in [0.4, 0.5) is 5.69 Å². The fraction of sp³-hybridized carbons (Fsp3) is 0.208. The molecule has 4 rings (SSSR count). The highest BCUT2D eigenvalue weighted by atomic mass is 16.3. The Labute approximate surface area is 174 Å². The lowest BCUT2D eigenvalue weighted by molar-refractivity contribution is -0.130. The fourth-order valence-corrected chi connectivity index (χ4v) is 3.64. The lowest BCUT2D eigenvalue weighted by Gasteiger charge is -2.31. The Bertz CT molecular complexity index is 1030. The molecule has 2 heterocycles. The first-order chi connectivity index (χ1) is 14.6. The van der Waals surface area contributed by atoms with Crippen LogP contribution < -0.4 is 5.32 Å². The molecule has 0 radical (unpaired) electrons. The van der Waals surface area contributed by atoms with Gasteiger partial charge in [-0.25, -0.2) is 0 Å². The van der Waals surface area contributed by atoms with Gasteiger partial charge in [-0.2, -0.15) is 0 Å². The number of rotatable bonds is 5. The number of nitrogens with zero attached hydrogens (tertiary/aromatic N) is 1. The molecule has 0 saturated carbocycles. The lowest BCUT2D eigenvalue weighted by Crippen LogP contribution is -2.46. The van der Waals surface area contributed by atoms with Crippen molar-refractivity contribution in [2.75, 3.05) is 18.4 Å². The van der Waals surface area contributed by atoms with Crippen LogP contribution in [0.5, 0.6) is 0 Å². The van der Waals surface area contributed by atoms with E-state index in [-0.39, 0.29) is 18.4 Å². The summed E-state index contributed by atoms with van der Waals surface area (Å²) in [5.74, 6) is -0.828. The van der Waals surface area contributed by atoms with Crippen molar-refractivity contribution in [3.05, 3.63) is 78.6 Å². The topological polar surface area (TPSA) is 79.6 Å². The summed E-state index contributed by atoms with van der Waals surface area (Å²) in [5, 5.41) is 2.91. The molecular formula is C24H22N2O4. The zero-order valence-electron chi connectivity index (χ0n) is 16.4. The van der Waals surface area contributed by atoms with Crippen LogP contribution in [0.1, 0.15) is 23.2 Å². The molecule has 1 aliphatic rings. The van der Waals surface area contributed by atoms with Gasteiger partial charge in [0.1, 0.15) is 5.76 Å². The maximum atomic E-state index is 12.7. The number of amides is 2. The molecule has 1 fully saturated rings.